The van der Waals surface area contributed by atoms with Crippen LogP contribution in [0.2, 0.25) is 0 Å². The van der Waals surface area contributed by atoms with E-state index in [1.165, 1.54) is 0 Å². The molecule has 100 valence electrons. The maximum atomic E-state index is 12.5. The summed E-state index contributed by atoms with van der Waals surface area (Å²) in [7, 11) is -3.36. The second-order valence-electron chi connectivity index (χ2n) is 4.62. The number of hydrogen-bond acceptors (Lipinski definition) is 5. The standard InChI is InChI=1S/C11H21O5P/c1-6-9(12)10-11(14-10)17(13,15-7(2)3)16-8(4)5/h7-8,10-11H,6H2,1-5H3. The molecule has 5 nitrogen and oxygen atoms in total. The van der Waals surface area contributed by atoms with Gasteiger partial charge in [0.05, 0.1) is 12.2 Å². The van der Waals surface area contributed by atoms with E-state index < -0.39 is 19.5 Å². The Morgan fingerprint density at radius 2 is 1.71 bits per heavy atom. The number of epoxide rings is 1. The smallest absolute Gasteiger partial charge is 0.348 e. The van der Waals surface area contributed by atoms with E-state index in [9.17, 15) is 9.36 Å². The van der Waals surface area contributed by atoms with Crippen LogP contribution in [0.4, 0.5) is 0 Å². The number of ether oxygens (including phenoxy) is 1. The molecule has 1 heterocycles. The summed E-state index contributed by atoms with van der Waals surface area (Å²) in [5.41, 5.74) is 0. The molecule has 1 aliphatic heterocycles. The second-order valence-corrected chi connectivity index (χ2v) is 6.63. The summed E-state index contributed by atoms with van der Waals surface area (Å²) in [6.07, 6.45) is -0.726. The highest BCUT2D eigenvalue weighted by molar-refractivity contribution is 7.55. The van der Waals surface area contributed by atoms with Gasteiger partial charge in [-0.2, -0.15) is 0 Å². The zero-order valence-electron chi connectivity index (χ0n) is 11.0. The van der Waals surface area contributed by atoms with E-state index in [-0.39, 0.29) is 18.0 Å². The Morgan fingerprint density at radius 1 is 1.24 bits per heavy atom. The molecular formula is C11H21O5P. The van der Waals surface area contributed by atoms with Gasteiger partial charge in [-0.1, -0.05) is 6.92 Å². The number of carbonyl (C=O) groups is 1. The molecule has 1 saturated heterocycles. The minimum Gasteiger partial charge on any atom is -0.348 e. The van der Waals surface area contributed by atoms with Gasteiger partial charge in [-0.3, -0.25) is 9.36 Å². The molecule has 1 aliphatic rings. The topological polar surface area (TPSA) is 65.1 Å². The van der Waals surface area contributed by atoms with Crippen molar-refractivity contribution in [3.8, 4) is 0 Å². The predicted octanol–water partition coefficient (Wildman–Crippen LogP) is 2.73. The van der Waals surface area contributed by atoms with Crippen LogP contribution in [0.15, 0.2) is 0 Å². The number of hydrogen-bond donors (Lipinski definition) is 0. The van der Waals surface area contributed by atoms with Crippen LogP contribution in [-0.2, 0) is 23.1 Å². The van der Waals surface area contributed by atoms with Crippen molar-refractivity contribution in [2.75, 3.05) is 0 Å². The fourth-order valence-corrected chi connectivity index (χ4v) is 3.76. The van der Waals surface area contributed by atoms with E-state index in [1.807, 2.05) is 0 Å². The summed E-state index contributed by atoms with van der Waals surface area (Å²) < 4.78 is 28.4. The largest absolute Gasteiger partial charge is 0.362 e. The lowest BCUT2D eigenvalue weighted by Gasteiger charge is -2.21. The molecular weight excluding hydrogens is 243 g/mol. The third-order valence-corrected chi connectivity index (χ3v) is 4.61. The molecule has 0 spiro atoms. The zero-order chi connectivity index (χ0) is 13.2. The Bertz CT molecular complexity index is 312. The van der Waals surface area contributed by atoms with Crippen LogP contribution in [0.25, 0.3) is 0 Å². The molecule has 2 atom stereocenters. The predicted molar refractivity (Wildman–Crippen MR) is 64.0 cm³/mol. The zero-order valence-corrected chi connectivity index (χ0v) is 11.9. The first-order valence-electron chi connectivity index (χ1n) is 5.94. The van der Waals surface area contributed by atoms with Crippen LogP contribution in [0.3, 0.4) is 0 Å². The van der Waals surface area contributed by atoms with Crippen molar-refractivity contribution in [1.29, 1.82) is 0 Å². The summed E-state index contributed by atoms with van der Waals surface area (Å²) >= 11 is 0. The Kier molecular flexibility index (Phi) is 4.90. The summed E-state index contributed by atoms with van der Waals surface area (Å²) in [4.78, 5) is 11.4. The highest BCUT2D eigenvalue weighted by atomic mass is 31.2. The molecule has 1 fully saturated rings. The number of ketones is 1. The average Bonchev–Trinajstić information content (AvgIpc) is 2.93. The van der Waals surface area contributed by atoms with Crippen molar-refractivity contribution >= 4 is 13.4 Å². The van der Waals surface area contributed by atoms with E-state index >= 15 is 0 Å². The molecule has 17 heavy (non-hydrogen) atoms. The number of carbonyl (C=O) groups excluding carboxylic acids is 1. The van der Waals surface area contributed by atoms with Gasteiger partial charge in [0, 0.05) is 6.42 Å². The fourth-order valence-electron chi connectivity index (χ4n) is 1.51. The first kappa shape index (κ1) is 14.8. The van der Waals surface area contributed by atoms with Crippen LogP contribution in [0.1, 0.15) is 41.0 Å². The summed E-state index contributed by atoms with van der Waals surface area (Å²) in [6, 6.07) is 0. The summed E-state index contributed by atoms with van der Waals surface area (Å²) in [5.74, 6) is -0.783. The average molecular weight is 264 g/mol. The van der Waals surface area contributed by atoms with Crippen LogP contribution < -0.4 is 0 Å². The van der Waals surface area contributed by atoms with Gasteiger partial charge in [-0.05, 0) is 27.7 Å². The Morgan fingerprint density at radius 3 is 2.06 bits per heavy atom. The van der Waals surface area contributed by atoms with E-state index in [0.29, 0.717) is 6.42 Å². The lowest BCUT2D eigenvalue weighted by atomic mass is 10.2. The number of rotatable bonds is 7. The van der Waals surface area contributed by atoms with Crippen molar-refractivity contribution in [3.63, 3.8) is 0 Å². The Balaban J connectivity index is 2.73. The molecule has 0 saturated carbocycles. The molecule has 2 unspecified atom stereocenters. The van der Waals surface area contributed by atoms with Gasteiger partial charge in [-0.25, -0.2) is 0 Å². The van der Waals surface area contributed by atoms with E-state index in [4.69, 9.17) is 13.8 Å². The first-order valence-corrected chi connectivity index (χ1v) is 7.56. The molecule has 0 bridgehead atoms. The maximum Gasteiger partial charge on any atom is 0.362 e. The molecule has 0 amide bonds. The highest BCUT2D eigenvalue weighted by Gasteiger charge is 2.58. The minimum atomic E-state index is -3.36. The van der Waals surface area contributed by atoms with E-state index in [2.05, 4.69) is 0 Å². The second kappa shape index (κ2) is 5.61. The Labute approximate surface area is 102 Å². The summed E-state index contributed by atoms with van der Waals surface area (Å²) in [6.45, 7) is 8.84. The molecule has 0 aromatic carbocycles. The van der Waals surface area contributed by atoms with Crippen molar-refractivity contribution in [2.45, 2.75) is 65.2 Å². The Hall–Kier alpha value is -0.220. The van der Waals surface area contributed by atoms with Gasteiger partial charge >= 0.3 is 7.60 Å². The lowest BCUT2D eigenvalue weighted by Crippen LogP contribution is -2.15. The normalized spacial score (nSPS) is 24.4. The van der Waals surface area contributed by atoms with Gasteiger partial charge < -0.3 is 13.8 Å². The fraction of sp³-hybridized carbons (Fsp3) is 0.909. The van der Waals surface area contributed by atoms with Crippen LogP contribution in [0.5, 0.6) is 0 Å². The van der Waals surface area contributed by atoms with Gasteiger partial charge in [0.2, 0.25) is 0 Å². The molecule has 0 aliphatic carbocycles. The molecule has 6 heteroatoms. The van der Waals surface area contributed by atoms with Crippen molar-refractivity contribution in [1.82, 2.24) is 0 Å². The van der Waals surface area contributed by atoms with Gasteiger partial charge in [0.1, 0.15) is 0 Å². The quantitative estimate of drug-likeness (QED) is 0.522. The van der Waals surface area contributed by atoms with Crippen molar-refractivity contribution in [2.24, 2.45) is 0 Å². The van der Waals surface area contributed by atoms with Crippen LogP contribution >= 0.6 is 7.60 Å². The molecule has 1 rings (SSSR count). The van der Waals surface area contributed by atoms with Crippen molar-refractivity contribution < 1.29 is 23.1 Å². The van der Waals surface area contributed by atoms with Crippen LogP contribution in [-0.4, -0.2) is 29.9 Å². The monoisotopic (exact) mass is 264 g/mol. The SMILES string of the molecule is CCC(=O)C1OC1P(=O)(OC(C)C)OC(C)C. The lowest BCUT2D eigenvalue weighted by molar-refractivity contribution is -0.119. The van der Waals surface area contributed by atoms with Gasteiger partial charge in [0.15, 0.2) is 17.7 Å². The molecule has 0 N–H and O–H groups in total. The molecule has 0 aromatic rings. The van der Waals surface area contributed by atoms with Gasteiger partial charge in [0.25, 0.3) is 0 Å². The third kappa shape index (κ3) is 3.88. The summed E-state index contributed by atoms with van der Waals surface area (Å²) in [5, 5.41) is 0. The van der Waals surface area contributed by atoms with E-state index in [1.54, 1.807) is 34.6 Å². The minimum absolute atomic E-state index is 0.0602. The third-order valence-electron chi connectivity index (χ3n) is 2.16. The molecule has 0 radical (unpaired) electrons. The number of Topliss-reactive ketones (excluding diaryl/α,β-unsaturated/α-hetero) is 1. The van der Waals surface area contributed by atoms with Crippen LogP contribution in [0, 0.1) is 0 Å². The van der Waals surface area contributed by atoms with E-state index in [0.717, 1.165) is 0 Å². The maximum absolute atomic E-state index is 12.5. The van der Waals surface area contributed by atoms with Gasteiger partial charge in [-0.15, -0.1) is 0 Å². The highest BCUT2D eigenvalue weighted by Crippen LogP contribution is 2.62. The molecule has 0 aromatic heterocycles. The van der Waals surface area contributed by atoms with Crippen molar-refractivity contribution in [3.05, 3.63) is 0 Å². The first-order chi connectivity index (χ1) is 7.80.